The van der Waals surface area contributed by atoms with Gasteiger partial charge in [-0.05, 0) is 50.6 Å². The number of hydrogen-bond donors (Lipinski definition) is 1. The molecule has 26 heavy (non-hydrogen) atoms. The molecule has 5 nitrogen and oxygen atoms in total. The molecule has 5 heteroatoms. The minimum absolute atomic E-state index is 0.0211. The zero-order valence-corrected chi connectivity index (χ0v) is 15.4. The average molecular weight is 355 g/mol. The lowest BCUT2D eigenvalue weighted by Gasteiger charge is -2.35. The molecule has 0 aromatic heterocycles. The highest BCUT2D eigenvalue weighted by Gasteiger charge is 2.36. The molecular weight excluding hydrogens is 326 g/mol. The van der Waals surface area contributed by atoms with Crippen LogP contribution in [0.5, 0.6) is 0 Å². The average Bonchev–Trinajstić information content (AvgIpc) is 3.43. The molecular formula is C21H29N3O2. The second-order valence-corrected chi connectivity index (χ2v) is 8.00. The highest BCUT2D eigenvalue weighted by molar-refractivity contribution is 5.83. The van der Waals surface area contributed by atoms with Crippen molar-refractivity contribution in [2.24, 2.45) is 5.92 Å². The number of hydrogen-bond acceptors (Lipinski definition) is 3. The fraction of sp³-hybridized carbons (Fsp3) is 0.619. The van der Waals surface area contributed by atoms with Crippen LogP contribution in [-0.2, 0) is 16.1 Å². The van der Waals surface area contributed by atoms with Crippen molar-refractivity contribution in [2.75, 3.05) is 19.6 Å². The van der Waals surface area contributed by atoms with E-state index in [0.717, 1.165) is 64.7 Å². The van der Waals surface area contributed by atoms with Gasteiger partial charge in [-0.25, -0.2) is 0 Å². The van der Waals surface area contributed by atoms with Gasteiger partial charge in [0.2, 0.25) is 11.8 Å². The summed E-state index contributed by atoms with van der Waals surface area (Å²) in [6.07, 6.45) is 5.91. The molecule has 1 N–H and O–H groups in total. The lowest BCUT2D eigenvalue weighted by molar-refractivity contribution is -0.137. The molecule has 2 heterocycles. The van der Waals surface area contributed by atoms with Gasteiger partial charge < -0.3 is 10.2 Å². The Hall–Kier alpha value is -1.88. The summed E-state index contributed by atoms with van der Waals surface area (Å²) in [5.74, 6) is 0.768. The summed E-state index contributed by atoms with van der Waals surface area (Å²) in [6.45, 7) is 3.39. The highest BCUT2D eigenvalue weighted by atomic mass is 16.2. The first kappa shape index (κ1) is 17.5. The maximum Gasteiger partial charge on any atom is 0.239 e. The molecule has 0 bridgehead atoms. The standard InChI is InChI=1S/C21H29N3O2/c25-20(17-8-9-17)22-18-10-13-23(14-11-18)21(26)19-7-4-12-24(19)15-16-5-2-1-3-6-16/h1-3,5-6,17-19H,4,7-15H2,(H,22,25)/t19-/m0/s1. The number of nitrogens with one attached hydrogen (secondary N) is 1. The lowest BCUT2D eigenvalue weighted by Crippen LogP contribution is -2.51. The molecule has 1 aromatic carbocycles. The summed E-state index contributed by atoms with van der Waals surface area (Å²) >= 11 is 0. The van der Waals surface area contributed by atoms with Crippen LogP contribution < -0.4 is 5.32 Å². The minimum Gasteiger partial charge on any atom is -0.353 e. The summed E-state index contributed by atoms with van der Waals surface area (Å²) in [6, 6.07) is 10.7. The van der Waals surface area contributed by atoms with Gasteiger partial charge in [-0.15, -0.1) is 0 Å². The van der Waals surface area contributed by atoms with Crippen molar-refractivity contribution in [1.82, 2.24) is 15.1 Å². The Bertz CT molecular complexity index is 636. The molecule has 140 valence electrons. The van der Waals surface area contributed by atoms with Crippen LogP contribution >= 0.6 is 0 Å². The molecule has 2 aliphatic heterocycles. The summed E-state index contributed by atoms with van der Waals surface area (Å²) in [5, 5.41) is 3.16. The fourth-order valence-corrected chi connectivity index (χ4v) is 4.23. The zero-order chi connectivity index (χ0) is 17.9. The van der Waals surface area contributed by atoms with Gasteiger partial charge >= 0.3 is 0 Å². The van der Waals surface area contributed by atoms with Gasteiger partial charge in [0, 0.05) is 31.6 Å². The van der Waals surface area contributed by atoms with Crippen LogP contribution in [0.15, 0.2) is 30.3 Å². The van der Waals surface area contributed by atoms with Crippen molar-refractivity contribution in [3.63, 3.8) is 0 Å². The van der Waals surface area contributed by atoms with Crippen LogP contribution in [-0.4, -0.2) is 53.3 Å². The monoisotopic (exact) mass is 355 g/mol. The lowest BCUT2D eigenvalue weighted by atomic mass is 10.0. The zero-order valence-electron chi connectivity index (χ0n) is 15.4. The summed E-state index contributed by atoms with van der Waals surface area (Å²) in [5.41, 5.74) is 1.27. The smallest absolute Gasteiger partial charge is 0.239 e. The first-order valence-electron chi connectivity index (χ1n) is 10.1. The Kier molecular flexibility index (Phi) is 5.25. The first-order chi connectivity index (χ1) is 12.7. The molecule has 2 amide bonds. The SMILES string of the molecule is O=C(NC1CCN(C(=O)[C@@H]2CCCN2Cc2ccccc2)CC1)C1CC1. The summed E-state index contributed by atoms with van der Waals surface area (Å²) in [4.78, 5) is 29.3. The molecule has 3 fully saturated rings. The normalized spacial score (nSPS) is 24.6. The van der Waals surface area contributed by atoms with Gasteiger partial charge in [0.1, 0.15) is 0 Å². The van der Waals surface area contributed by atoms with Crippen molar-refractivity contribution >= 4 is 11.8 Å². The van der Waals surface area contributed by atoms with E-state index < -0.39 is 0 Å². The number of benzene rings is 1. The number of rotatable bonds is 5. The molecule has 4 rings (SSSR count). The van der Waals surface area contributed by atoms with Crippen LogP contribution in [0.25, 0.3) is 0 Å². The van der Waals surface area contributed by atoms with E-state index in [-0.39, 0.29) is 29.8 Å². The van der Waals surface area contributed by atoms with Gasteiger partial charge in [0.05, 0.1) is 6.04 Å². The topological polar surface area (TPSA) is 52.7 Å². The molecule has 0 radical (unpaired) electrons. The van der Waals surface area contributed by atoms with Crippen LogP contribution in [0, 0.1) is 5.92 Å². The maximum atomic E-state index is 13.0. The minimum atomic E-state index is 0.0211. The number of carbonyl (C=O) groups is 2. The van der Waals surface area contributed by atoms with Crippen LogP contribution in [0.1, 0.15) is 44.1 Å². The largest absolute Gasteiger partial charge is 0.353 e. The molecule has 3 aliphatic rings. The maximum absolute atomic E-state index is 13.0. The third kappa shape index (κ3) is 4.09. The Morgan fingerprint density at radius 1 is 0.962 bits per heavy atom. The predicted molar refractivity (Wildman–Crippen MR) is 100 cm³/mol. The molecule has 1 aliphatic carbocycles. The van der Waals surface area contributed by atoms with Gasteiger partial charge in [-0.3, -0.25) is 14.5 Å². The number of carbonyl (C=O) groups excluding carboxylic acids is 2. The van der Waals surface area contributed by atoms with Crippen LogP contribution in [0.2, 0.25) is 0 Å². The Morgan fingerprint density at radius 3 is 2.38 bits per heavy atom. The van der Waals surface area contributed by atoms with E-state index in [1.165, 1.54) is 5.56 Å². The fourth-order valence-electron chi connectivity index (χ4n) is 4.23. The second kappa shape index (κ2) is 7.78. The molecule has 2 saturated heterocycles. The van der Waals surface area contributed by atoms with Crippen LogP contribution in [0.3, 0.4) is 0 Å². The van der Waals surface area contributed by atoms with Crippen molar-refractivity contribution in [1.29, 1.82) is 0 Å². The Balaban J connectivity index is 1.29. The summed E-state index contributed by atoms with van der Waals surface area (Å²) < 4.78 is 0. The van der Waals surface area contributed by atoms with E-state index in [1.807, 2.05) is 11.0 Å². The van der Waals surface area contributed by atoms with E-state index in [2.05, 4.69) is 34.5 Å². The van der Waals surface area contributed by atoms with Gasteiger partial charge in [-0.2, -0.15) is 0 Å². The number of piperidine rings is 1. The third-order valence-electron chi connectivity index (χ3n) is 5.98. The Labute approximate surface area is 155 Å². The van der Waals surface area contributed by atoms with E-state index >= 15 is 0 Å². The van der Waals surface area contributed by atoms with E-state index in [1.54, 1.807) is 0 Å². The van der Waals surface area contributed by atoms with Gasteiger partial charge in [0.25, 0.3) is 0 Å². The van der Waals surface area contributed by atoms with Crippen LogP contribution in [0.4, 0.5) is 0 Å². The molecule has 1 saturated carbocycles. The van der Waals surface area contributed by atoms with Gasteiger partial charge in [-0.1, -0.05) is 30.3 Å². The van der Waals surface area contributed by atoms with Crippen molar-refractivity contribution in [2.45, 2.75) is 57.2 Å². The van der Waals surface area contributed by atoms with E-state index in [4.69, 9.17) is 0 Å². The third-order valence-corrected chi connectivity index (χ3v) is 5.98. The van der Waals surface area contributed by atoms with E-state index in [9.17, 15) is 9.59 Å². The van der Waals surface area contributed by atoms with Crippen molar-refractivity contribution < 1.29 is 9.59 Å². The summed E-state index contributed by atoms with van der Waals surface area (Å²) in [7, 11) is 0. The number of amides is 2. The second-order valence-electron chi connectivity index (χ2n) is 8.00. The van der Waals surface area contributed by atoms with Gasteiger partial charge in [0.15, 0.2) is 0 Å². The molecule has 1 aromatic rings. The highest BCUT2D eigenvalue weighted by Crippen LogP contribution is 2.29. The molecule has 0 unspecified atom stereocenters. The van der Waals surface area contributed by atoms with Crippen molar-refractivity contribution in [3.8, 4) is 0 Å². The number of likely N-dealkylation sites (tertiary alicyclic amines) is 2. The number of nitrogens with zero attached hydrogens (tertiary/aromatic N) is 2. The van der Waals surface area contributed by atoms with E-state index in [0.29, 0.717) is 0 Å². The quantitative estimate of drug-likeness (QED) is 0.881. The first-order valence-corrected chi connectivity index (χ1v) is 10.1. The van der Waals surface area contributed by atoms with Crippen molar-refractivity contribution in [3.05, 3.63) is 35.9 Å². The molecule has 0 spiro atoms. The molecule has 1 atom stereocenters. The predicted octanol–water partition coefficient (Wildman–Crippen LogP) is 2.17. The Morgan fingerprint density at radius 2 is 1.69 bits per heavy atom.